The van der Waals surface area contributed by atoms with Crippen LogP contribution in [0.15, 0.2) is 72.1 Å². The normalized spacial score (nSPS) is 10.6. The van der Waals surface area contributed by atoms with Crippen molar-refractivity contribution in [2.45, 2.75) is 6.42 Å². The van der Waals surface area contributed by atoms with Gasteiger partial charge in [-0.05, 0) is 41.1 Å². The second-order valence-electron chi connectivity index (χ2n) is 5.32. The molecular formula is C20H21NOS. The first-order valence-corrected chi connectivity index (χ1v) is 8.81. The second-order valence-corrected chi connectivity index (χ2v) is 6.35. The highest BCUT2D eigenvalue weighted by Gasteiger charge is 1.99. The smallest absolute Gasteiger partial charge is 0.119 e. The zero-order chi connectivity index (χ0) is 15.7. The molecule has 0 atom stereocenters. The van der Waals surface area contributed by atoms with Gasteiger partial charge in [-0.2, -0.15) is 0 Å². The lowest BCUT2D eigenvalue weighted by Gasteiger charge is -2.09. The molecule has 2 aromatic carbocycles. The van der Waals surface area contributed by atoms with E-state index in [-0.39, 0.29) is 0 Å². The van der Waals surface area contributed by atoms with Crippen LogP contribution in [0.25, 0.3) is 11.1 Å². The average Bonchev–Trinajstić information content (AvgIpc) is 3.12. The number of thiophene rings is 1. The van der Waals surface area contributed by atoms with Crippen molar-refractivity contribution in [3.8, 4) is 16.9 Å². The van der Waals surface area contributed by atoms with E-state index >= 15 is 0 Å². The Morgan fingerprint density at radius 2 is 1.70 bits per heavy atom. The quantitative estimate of drug-likeness (QED) is 0.610. The maximum atomic E-state index is 5.85. The minimum absolute atomic E-state index is 0.683. The molecule has 0 amide bonds. The molecule has 0 radical (unpaired) electrons. The molecule has 2 nitrogen and oxygen atoms in total. The maximum Gasteiger partial charge on any atom is 0.119 e. The van der Waals surface area contributed by atoms with Crippen LogP contribution in [0.3, 0.4) is 0 Å². The van der Waals surface area contributed by atoms with Gasteiger partial charge in [0.2, 0.25) is 0 Å². The number of benzene rings is 2. The summed E-state index contributed by atoms with van der Waals surface area (Å²) in [6.07, 6.45) is 1.08. The van der Waals surface area contributed by atoms with Crippen molar-refractivity contribution in [1.29, 1.82) is 0 Å². The minimum Gasteiger partial charge on any atom is -0.492 e. The van der Waals surface area contributed by atoms with Crippen LogP contribution in [0.5, 0.6) is 5.75 Å². The fourth-order valence-electron chi connectivity index (χ4n) is 2.43. The molecule has 0 saturated carbocycles. The molecule has 0 spiro atoms. The molecule has 3 aromatic rings. The van der Waals surface area contributed by atoms with Crippen LogP contribution in [0.2, 0.25) is 0 Å². The number of nitrogens with one attached hydrogen (secondary N) is 1. The summed E-state index contributed by atoms with van der Waals surface area (Å²) in [7, 11) is 0. The Hall–Kier alpha value is -2.10. The largest absolute Gasteiger partial charge is 0.492 e. The van der Waals surface area contributed by atoms with Gasteiger partial charge in [-0.15, -0.1) is 11.3 Å². The van der Waals surface area contributed by atoms with Crippen LogP contribution in [0.1, 0.15) is 4.88 Å². The van der Waals surface area contributed by atoms with E-state index in [9.17, 15) is 0 Å². The summed E-state index contributed by atoms with van der Waals surface area (Å²) in [5, 5.41) is 5.55. The van der Waals surface area contributed by atoms with Gasteiger partial charge in [-0.3, -0.25) is 0 Å². The van der Waals surface area contributed by atoms with Gasteiger partial charge in [0.15, 0.2) is 0 Å². The first-order valence-electron chi connectivity index (χ1n) is 7.93. The topological polar surface area (TPSA) is 21.3 Å². The van der Waals surface area contributed by atoms with Gasteiger partial charge in [0.1, 0.15) is 12.4 Å². The lowest BCUT2D eigenvalue weighted by Crippen LogP contribution is -2.23. The van der Waals surface area contributed by atoms with E-state index < -0.39 is 0 Å². The molecule has 0 unspecified atom stereocenters. The van der Waals surface area contributed by atoms with Gasteiger partial charge in [0, 0.05) is 18.0 Å². The fourth-order valence-corrected chi connectivity index (χ4v) is 3.14. The molecule has 0 saturated heterocycles. The van der Waals surface area contributed by atoms with Crippen molar-refractivity contribution < 1.29 is 4.74 Å². The number of hydrogen-bond donors (Lipinski definition) is 1. The van der Waals surface area contributed by atoms with Crippen molar-refractivity contribution in [3.63, 3.8) is 0 Å². The predicted octanol–water partition coefficient (Wildman–Crippen LogP) is 4.63. The summed E-state index contributed by atoms with van der Waals surface area (Å²) in [5.74, 6) is 0.923. The average molecular weight is 323 g/mol. The Bertz CT molecular complexity index is 695. The van der Waals surface area contributed by atoms with E-state index in [1.54, 1.807) is 0 Å². The van der Waals surface area contributed by atoms with Crippen LogP contribution < -0.4 is 10.1 Å². The van der Waals surface area contributed by atoms with E-state index in [0.29, 0.717) is 6.61 Å². The van der Waals surface area contributed by atoms with E-state index in [0.717, 1.165) is 25.3 Å². The molecular weight excluding hydrogens is 302 g/mol. The number of ether oxygens (including phenoxy) is 1. The Morgan fingerprint density at radius 1 is 0.826 bits per heavy atom. The van der Waals surface area contributed by atoms with Gasteiger partial charge in [0.05, 0.1) is 0 Å². The monoisotopic (exact) mass is 323 g/mol. The molecule has 3 rings (SSSR count). The van der Waals surface area contributed by atoms with Crippen molar-refractivity contribution >= 4 is 11.3 Å². The van der Waals surface area contributed by atoms with E-state index in [4.69, 9.17) is 4.74 Å². The molecule has 0 fully saturated rings. The number of hydrogen-bond acceptors (Lipinski definition) is 3. The van der Waals surface area contributed by atoms with Crippen LogP contribution in [-0.4, -0.2) is 19.7 Å². The third-order valence-corrected chi connectivity index (χ3v) is 4.55. The number of rotatable bonds is 8. The molecule has 1 N–H and O–H groups in total. The molecule has 118 valence electrons. The first-order chi connectivity index (χ1) is 11.4. The SMILES string of the molecule is c1ccc(-c2cccc(OCCNCCc3cccs3)c2)cc1. The molecule has 23 heavy (non-hydrogen) atoms. The standard InChI is InChI=1S/C20H21NOS/c1-2-6-17(7-3-1)18-8-4-9-19(16-18)22-14-13-21-12-11-20-10-5-15-23-20/h1-10,15-16,21H,11-14H2. The van der Waals surface area contributed by atoms with E-state index in [2.05, 4.69) is 59.2 Å². The van der Waals surface area contributed by atoms with Gasteiger partial charge >= 0.3 is 0 Å². The second kappa shape index (κ2) is 8.51. The molecule has 3 heteroatoms. The highest BCUT2D eigenvalue weighted by atomic mass is 32.1. The van der Waals surface area contributed by atoms with Crippen LogP contribution in [0.4, 0.5) is 0 Å². The van der Waals surface area contributed by atoms with Gasteiger partial charge in [-0.1, -0.05) is 48.5 Å². The van der Waals surface area contributed by atoms with E-state index in [1.807, 2.05) is 29.5 Å². The van der Waals surface area contributed by atoms with Crippen LogP contribution >= 0.6 is 11.3 Å². The van der Waals surface area contributed by atoms with Crippen molar-refractivity contribution in [2.24, 2.45) is 0 Å². The summed E-state index contributed by atoms with van der Waals surface area (Å²) >= 11 is 1.81. The van der Waals surface area contributed by atoms with Crippen molar-refractivity contribution in [2.75, 3.05) is 19.7 Å². The molecule has 0 bridgehead atoms. The van der Waals surface area contributed by atoms with Crippen LogP contribution in [0, 0.1) is 0 Å². The molecule has 0 aliphatic carbocycles. The van der Waals surface area contributed by atoms with Gasteiger partial charge < -0.3 is 10.1 Å². The summed E-state index contributed by atoms with van der Waals surface area (Å²) in [6, 6.07) is 22.9. The molecule has 1 aromatic heterocycles. The highest BCUT2D eigenvalue weighted by Crippen LogP contribution is 2.23. The Labute approximate surface area is 141 Å². The van der Waals surface area contributed by atoms with Crippen molar-refractivity contribution in [1.82, 2.24) is 5.32 Å². The van der Waals surface area contributed by atoms with Crippen molar-refractivity contribution in [3.05, 3.63) is 77.0 Å². The summed E-state index contributed by atoms with van der Waals surface area (Å²) in [6.45, 7) is 2.54. The molecule has 0 aliphatic heterocycles. The summed E-state index contributed by atoms with van der Waals surface area (Å²) in [5.41, 5.74) is 2.40. The van der Waals surface area contributed by atoms with E-state index in [1.165, 1.54) is 16.0 Å². The Morgan fingerprint density at radius 3 is 2.52 bits per heavy atom. The fraction of sp³-hybridized carbons (Fsp3) is 0.200. The summed E-state index contributed by atoms with van der Waals surface area (Å²) < 4.78 is 5.85. The third-order valence-electron chi connectivity index (χ3n) is 3.62. The summed E-state index contributed by atoms with van der Waals surface area (Å²) in [4.78, 5) is 1.42. The van der Waals surface area contributed by atoms with Crippen LogP contribution in [-0.2, 0) is 6.42 Å². The zero-order valence-electron chi connectivity index (χ0n) is 13.1. The highest BCUT2D eigenvalue weighted by molar-refractivity contribution is 7.09. The molecule has 1 heterocycles. The van der Waals surface area contributed by atoms with Gasteiger partial charge in [-0.25, -0.2) is 0 Å². The first kappa shape index (κ1) is 15.8. The third kappa shape index (κ3) is 4.95. The Balaban J connectivity index is 1.42. The lowest BCUT2D eigenvalue weighted by atomic mass is 10.1. The Kier molecular flexibility index (Phi) is 5.84. The van der Waals surface area contributed by atoms with Gasteiger partial charge in [0.25, 0.3) is 0 Å². The maximum absolute atomic E-state index is 5.85. The molecule has 0 aliphatic rings. The predicted molar refractivity (Wildman–Crippen MR) is 98.3 cm³/mol. The lowest BCUT2D eigenvalue weighted by molar-refractivity contribution is 0.314. The zero-order valence-corrected chi connectivity index (χ0v) is 13.9. The minimum atomic E-state index is 0.683.